The summed E-state index contributed by atoms with van der Waals surface area (Å²) in [5, 5.41) is 0. The average Bonchev–Trinajstić information content (AvgIpc) is 2.14. The first kappa shape index (κ1) is 9.59. The maximum atomic E-state index is 5.28. The summed E-state index contributed by atoms with van der Waals surface area (Å²) in [6.07, 6.45) is 6.40. The fourth-order valence-corrected chi connectivity index (χ4v) is 1.57. The van der Waals surface area contributed by atoms with Crippen LogP contribution in [0.25, 0.3) is 0 Å². The van der Waals surface area contributed by atoms with Gasteiger partial charge in [-0.05, 0) is 31.6 Å². The van der Waals surface area contributed by atoms with Gasteiger partial charge in [-0.2, -0.15) is 0 Å². The number of rotatable bonds is 5. The fraction of sp³-hybridized carbons (Fsp3) is 0.800. The second-order valence-corrected chi connectivity index (χ2v) is 3.24. The summed E-state index contributed by atoms with van der Waals surface area (Å²) < 4.78 is 10.3. The molecule has 0 bridgehead atoms. The van der Waals surface area contributed by atoms with Crippen molar-refractivity contribution in [2.75, 3.05) is 19.8 Å². The Morgan fingerprint density at radius 2 is 2.17 bits per heavy atom. The largest absolute Gasteiger partial charge is 0.502 e. The smallest absolute Gasteiger partial charge is 0.0873 e. The maximum absolute atomic E-state index is 5.28. The second-order valence-electron chi connectivity index (χ2n) is 3.24. The second kappa shape index (κ2) is 6.06. The molecule has 0 saturated carbocycles. The lowest BCUT2D eigenvalue weighted by molar-refractivity contribution is 0.0613. The van der Waals surface area contributed by atoms with E-state index in [9.17, 15) is 0 Å². The van der Waals surface area contributed by atoms with Crippen LogP contribution in [0, 0.1) is 5.92 Å². The molecule has 70 valence electrons. The number of ether oxygens (including phenoxy) is 2. The molecule has 2 nitrogen and oxygen atoms in total. The van der Waals surface area contributed by atoms with Gasteiger partial charge in [0.2, 0.25) is 0 Å². The lowest BCUT2D eigenvalue weighted by atomic mass is 9.95. The third kappa shape index (κ3) is 3.77. The Morgan fingerprint density at radius 1 is 1.42 bits per heavy atom. The minimum absolute atomic E-state index is 0.820. The molecule has 0 aliphatic carbocycles. The first-order chi connectivity index (χ1) is 5.93. The predicted molar refractivity (Wildman–Crippen MR) is 48.9 cm³/mol. The van der Waals surface area contributed by atoms with Gasteiger partial charge in [-0.25, -0.2) is 0 Å². The molecule has 0 amide bonds. The van der Waals surface area contributed by atoms with Crippen LogP contribution in [0.3, 0.4) is 0 Å². The molecular weight excluding hydrogens is 152 g/mol. The van der Waals surface area contributed by atoms with Crippen LogP contribution in [-0.2, 0) is 9.47 Å². The number of hydrogen-bond donors (Lipinski definition) is 0. The van der Waals surface area contributed by atoms with Gasteiger partial charge in [0.1, 0.15) is 0 Å². The number of hydrogen-bond acceptors (Lipinski definition) is 2. The highest BCUT2D eigenvalue weighted by atomic mass is 16.5. The van der Waals surface area contributed by atoms with Gasteiger partial charge in [0.05, 0.1) is 12.9 Å². The Balaban J connectivity index is 1.94. The first-order valence-electron chi connectivity index (χ1n) is 4.73. The van der Waals surface area contributed by atoms with Gasteiger partial charge in [-0.3, -0.25) is 0 Å². The van der Waals surface area contributed by atoms with Gasteiger partial charge < -0.3 is 9.47 Å². The molecule has 2 heteroatoms. The quantitative estimate of drug-likeness (QED) is 0.466. The zero-order valence-corrected chi connectivity index (χ0v) is 7.63. The van der Waals surface area contributed by atoms with Gasteiger partial charge in [-0.15, -0.1) is 0 Å². The zero-order valence-electron chi connectivity index (χ0n) is 7.63. The van der Waals surface area contributed by atoms with E-state index in [0.717, 1.165) is 32.2 Å². The highest BCUT2D eigenvalue weighted by Gasteiger charge is 2.12. The molecule has 0 atom stereocenters. The van der Waals surface area contributed by atoms with E-state index in [1.54, 1.807) is 0 Å². The Morgan fingerprint density at radius 3 is 2.83 bits per heavy atom. The summed E-state index contributed by atoms with van der Waals surface area (Å²) >= 11 is 0. The summed E-state index contributed by atoms with van der Waals surface area (Å²) in [4.78, 5) is 0. The highest BCUT2D eigenvalue weighted by Crippen LogP contribution is 2.19. The van der Waals surface area contributed by atoms with Crippen molar-refractivity contribution in [3.8, 4) is 0 Å². The van der Waals surface area contributed by atoms with Crippen LogP contribution in [0.2, 0.25) is 0 Å². The summed E-state index contributed by atoms with van der Waals surface area (Å²) in [5.74, 6) is 0.868. The van der Waals surface area contributed by atoms with Gasteiger partial charge >= 0.3 is 0 Å². The summed E-state index contributed by atoms with van der Waals surface area (Å²) in [6.45, 7) is 6.23. The van der Waals surface area contributed by atoms with E-state index < -0.39 is 0 Å². The van der Waals surface area contributed by atoms with E-state index >= 15 is 0 Å². The van der Waals surface area contributed by atoms with Crippen molar-refractivity contribution in [2.24, 2.45) is 5.92 Å². The van der Waals surface area contributed by atoms with Crippen LogP contribution in [-0.4, -0.2) is 19.8 Å². The maximum Gasteiger partial charge on any atom is 0.0873 e. The Kier molecular flexibility index (Phi) is 4.85. The SMILES string of the molecule is C=COCCCC1CCOCC1. The molecule has 12 heavy (non-hydrogen) atoms. The summed E-state index contributed by atoms with van der Waals surface area (Å²) in [7, 11) is 0. The molecule has 1 heterocycles. The Bertz CT molecular complexity index is 117. The van der Waals surface area contributed by atoms with E-state index in [1.165, 1.54) is 25.5 Å². The van der Waals surface area contributed by atoms with Crippen LogP contribution >= 0.6 is 0 Å². The molecule has 1 aliphatic rings. The molecule has 0 aromatic rings. The van der Waals surface area contributed by atoms with Gasteiger partial charge in [0, 0.05) is 13.2 Å². The lowest BCUT2D eigenvalue weighted by Gasteiger charge is -2.21. The van der Waals surface area contributed by atoms with E-state index in [-0.39, 0.29) is 0 Å². The molecular formula is C10H18O2. The molecule has 1 aliphatic heterocycles. The molecule has 0 N–H and O–H groups in total. The minimum atomic E-state index is 0.820. The third-order valence-electron chi connectivity index (χ3n) is 2.33. The van der Waals surface area contributed by atoms with Crippen molar-refractivity contribution in [3.05, 3.63) is 12.8 Å². The molecule has 0 spiro atoms. The molecule has 0 unspecified atom stereocenters. The van der Waals surface area contributed by atoms with E-state index in [2.05, 4.69) is 6.58 Å². The summed E-state index contributed by atoms with van der Waals surface area (Å²) in [6, 6.07) is 0. The van der Waals surface area contributed by atoms with E-state index in [1.807, 2.05) is 0 Å². The molecule has 0 radical (unpaired) electrons. The van der Waals surface area contributed by atoms with Crippen LogP contribution in [0.15, 0.2) is 12.8 Å². The van der Waals surface area contributed by atoms with Crippen LogP contribution in [0.1, 0.15) is 25.7 Å². The minimum Gasteiger partial charge on any atom is -0.502 e. The van der Waals surface area contributed by atoms with Crippen molar-refractivity contribution >= 4 is 0 Å². The van der Waals surface area contributed by atoms with Gasteiger partial charge in [0.15, 0.2) is 0 Å². The molecule has 1 saturated heterocycles. The first-order valence-corrected chi connectivity index (χ1v) is 4.73. The standard InChI is InChI=1S/C10H18O2/c1-2-11-7-3-4-10-5-8-12-9-6-10/h2,10H,1,3-9H2. The van der Waals surface area contributed by atoms with Crippen molar-refractivity contribution in [1.82, 2.24) is 0 Å². The lowest BCUT2D eigenvalue weighted by Crippen LogP contribution is -2.15. The van der Waals surface area contributed by atoms with E-state index in [4.69, 9.17) is 9.47 Å². The highest BCUT2D eigenvalue weighted by molar-refractivity contribution is 4.63. The molecule has 1 fully saturated rings. The Labute approximate surface area is 74.6 Å². The van der Waals surface area contributed by atoms with Crippen LogP contribution < -0.4 is 0 Å². The van der Waals surface area contributed by atoms with E-state index in [0.29, 0.717) is 0 Å². The average molecular weight is 170 g/mol. The van der Waals surface area contributed by atoms with Gasteiger partial charge in [-0.1, -0.05) is 6.58 Å². The molecule has 0 aromatic heterocycles. The van der Waals surface area contributed by atoms with Crippen molar-refractivity contribution < 1.29 is 9.47 Å². The monoisotopic (exact) mass is 170 g/mol. The van der Waals surface area contributed by atoms with Crippen molar-refractivity contribution in [1.29, 1.82) is 0 Å². The summed E-state index contributed by atoms with van der Waals surface area (Å²) in [5.41, 5.74) is 0. The van der Waals surface area contributed by atoms with Crippen molar-refractivity contribution in [2.45, 2.75) is 25.7 Å². The third-order valence-corrected chi connectivity index (χ3v) is 2.33. The Hall–Kier alpha value is -0.500. The fourth-order valence-electron chi connectivity index (χ4n) is 1.57. The van der Waals surface area contributed by atoms with Gasteiger partial charge in [0.25, 0.3) is 0 Å². The normalized spacial score (nSPS) is 19.0. The topological polar surface area (TPSA) is 18.5 Å². The molecule has 1 rings (SSSR count). The zero-order chi connectivity index (χ0) is 8.65. The predicted octanol–water partition coefficient (Wildman–Crippen LogP) is 2.35. The van der Waals surface area contributed by atoms with Crippen molar-refractivity contribution in [3.63, 3.8) is 0 Å². The molecule has 0 aromatic carbocycles. The van der Waals surface area contributed by atoms with Crippen LogP contribution in [0.5, 0.6) is 0 Å². The van der Waals surface area contributed by atoms with Crippen LogP contribution in [0.4, 0.5) is 0 Å².